The number of aromatic nitrogens is 4. The van der Waals surface area contributed by atoms with E-state index < -0.39 is 6.04 Å². The van der Waals surface area contributed by atoms with E-state index >= 15 is 0 Å². The Kier molecular flexibility index (Phi) is 6.64. The molecule has 2 N–H and O–H groups in total. The summed E-state index contributed by atoms with van der Waals surface area (Å²) in [5, 5.41) is 10.1. The molecule has 0 radical (unpaired) electrons. The van der Waals surface area contributed by atoms with E-state index in [0.717, 1.165) is 17.0 Å². The Bertz CT molecular complexity index is 1070. The zero-order valence-electron chi connectivity index (χ0n) is 18.3. The van der Waals surface area contributed by atoms with Gasteiger partial charge in [0, 0.05) is 24.4 Å². The molecule has 2 aromatic heterocycles. The second-order valence-electron chi connectivity index (χ2n) is 7.31. The van der Waals surface area contributed by atoms with Crippen LogP contribution in [0.4, 0.5) is 5.82 Å². The number of benzene rings is 1. The zero-order valence-corrected chi connectivity index (χ0v) is 18.3. The van der Waals surface area contributed by atoms with Gasteiger partial charge in [0.05, 0.1) is 25.3 Å². The molecule has 9 heteroatoms. The average Bonchev–Trinajstić information content (AvgIpc) is 3.06. The van der Waals surface area contributed by atoms with Crippen LogP contribution in [0.15, 0.2) is 36.4 Å². The van der Waals surface area contributed by atoms with Crippen LogP contribution in [0.2, 0.25) is 0 Å². The Morgan fingerprint density at radius 2 is 1.68 bits per heavy atom. The second-order valence-corrected chi connectivity index (χ2v) is 7.31. The molecule has 0 aliphatic rings. The lowest BCUT2D eigenvalue weighted by molar-refractivity contribution is -0.120. The Morgan fingerprint density at radius 1 is 1.03 bits per heavy atom. The molecule has 1 aromatic carbocycles. The minimum absolute atomic E-state index is 0.0455. The third-order valence-electron chi connectivity index (χ3n) is 4.54. The topological polar surface area (TPSA) is 111 Å². The number of nitrogens with zero attached hydrogens (tertiary/aromatic N) is 4. The molecule has 0 saturated heterocycles. The highest BCUT2D eigenvalue weighted by Crippen LogP contribution is 2.22. The van der Waals surface area contributed by atoms with Gasteiger partial charge < -0.3 is 15.4 Å². The summed E-state index contributed by atoms with van der Waals surface area (Å²) in [5.74, 6) is 1.04. The number of carbonyl (C=O) groups is 2. The molecule has 1 unspecified atom stereocenters. The van der Waals surface area contributed by atoms with Gasteiger partial charge in [-0.15, -0.1) is 0 Å². The van der Waals surface area contributed by atoms with Crippen molar-refractivity contribution in [3.63, 3.8) is 0 Å². The van der Waals surface area contributed by atoms with Gasteiger partial charge in [-0.1, -0.05) is 12.1 Å². The SMILES string of the molecule is COc1ccc(C(CC(=O)Nc2cc(C)nn2-c2nc(C)cc(C)n2)NC(C)=O)cc1. The number of methoxy groups -OCH3 is 1. The van der Waals surface area contributed by atoms with Crippen molar-refractivity contribution in [3.8, 4) is 11.7 Å². The van der Waals surface area contributed by atoms with Crippen molar-refractivity contribution in [1.82, 2.24) is 25.1 Å². The van der Waals surface area contributed by atoms with Gasteiger partial charge in [0.25, 0.3) is 5.95 Å². The highest BCUT2D eigenvalue weighted by Gasteiger charge is 2.20. The van der Waals surface area contributed by atoms with Gasteiger partial charge in [-0.3, -0.25) is 9.59 Å². The molecule has 0 saturated carbocycles. The standard InChI is InChI=1S/C22H26N6O3/c1-13-10-14(2)24-22(23-13)28-20(11-15(3)27-28)26-21(30)12-19(25-16(4)29)17-6-8-18(31-5)9-7-17/h6-11,19H,12H2,1-5H3,(H,25,29)(H,26,30). The van der Waals surface area contributed by atoms with Crippen LogP contribution in [0, 0.1) is 20.8 Å². The molecule has 162 valence electrons. The first-order chi connectivity index (χ1) is 14.7. The van der Waals surface area contributed by atoms with Crippen LogP contribution in [0.1, 0.15) is 42.0 Å². The molecule has 3 rings (SSSR count). The van der Waals surface area contributed by atoms with E-state index in [-0.39, 0.29) is 18.2 Å². The van der Waals surface area contributed by atoms with Gasteiger partial charge in [0.2, 0.25) is 11.8 Å². The summed E-state index contributed by atoms with van der Waals surface area (Å²) in [6.07, 6.45) is 0.0455. The molecule has 0 aliphatic heterocycles. The number of carbonyl (C=O) groups excluding carboxylic acids is 2. The van der Waals surface area contributed by atoms with E-state index in [1.165, 1.54) is 11.6 Å². The maximum absolute atomic E-state index is 12.9. The van der Waals surface area contributed by atoms with Crippen LogP contribution in [0.25, 0.3) is 5.95 Å². The van der Waals surface area contributed by atoms with Crippen molar-refractivity contribution in [1.29, 1.82) is 0 Å². The van der Waals surface area contributed by atoms with Crippen LogP contribution in [-0.4, -0.2) is 38.7 Å². The smallest absolute Gasteiger partial charge is 0.252 e. The molecular formula is C22H26N6O3. The number of hydrogen-bond acceptors (Lipinski definition) is 6. The number of ether oxygens (including phenoxy) is 1. The molecule has 1 atom stereocenters. The lowest BCUT2D eigenvalue weighted by Crippen LogP contribution is -2.30. The van der Waals surface area contributed by atoms with Crippen molar-refractivity contribution in [2.45, 2.75) is 40.2 Å². The predicted molar refractivity (Wildman–Crippen MR) is 116 cm³/mol. The Balaban J connectivity index is 1.82. The van der Waals surface area contributed by atoms with E-state index in [1.54, 1.807) is 25.3 Å². The fourth-order valence-electron chi connectivity index (χ4n) is 3.26. The number of nitrogens with one attached hydrogen (secondary N) is 2. The van der Waals surface area contributed by atoms with E-state index in [0.29, 0.717) is 23.2 Å². The van der Waals surface area contributed by atoms with Crippen LogP contribution < -0.4 is 15.4 Å². The normalized spacial score (nSPS) is 11.6. The minimum atomic E-state index is -0.488. The molecular weight excluding hydrogens is 396 g/mol. The van der Waals surface area contributed by atoms with E-state index in [2.05, 4.69) is 25.7 Å². The van der Waals surface area contributed by atoms with Gasteiger partial charge in [-0.05, 0) is 44.5 Å². The molecule has 2 heterocycles. The van der Waals surface area contributed by atoms with Crippen molar-refractivity contribution in [2.24, 2.45) is 0 Å². The molecule has 3 aromatic rings. The summed E-state index contributed by atoms with van der Waals surface area (Å²) in [6.45, 7) is 7.00. The van der Waals surface area contributed by atoms with Crippen LogP contribution >= 0.6 is 0 Å². The van der Waals surface area contributed by atoms with Gasteiger partial charge >= 0.3 is 0 Å². The number of anilines is 1. The summed E-state index contributed by atoms with van der Waals surface area (Å²) < 4.78 is 6.68. The summed E-state index contributed by atoms with van der Waals surface area (Å²) >= 11 is 0. The van der Waals surface area contributed by atoms with Gasteiger partial charge in [0.1, 0.15) is 11.6 Å². The van der Waals surface area contributed by atoms with Crippen molar-refractivity contribution in [3.05, 3.63) is 59.0 Å². The maximum Gasteiger partial charge on any atom is 0.252 e. The van der Waals surface area contributed by atoms with E-state index in [9.17, 15) is 9.59 Å². The highest BCUT2D eigenvalue weighted by atomic mass is 16.5. The Labute approximate surface area is 180 Å². The molecule has 0 fully saturated rings. The summed E-state index contributed by atoms with van der Waals surface area (Å²) in [5.41, 5.74) is 3.12. The third kappa shape index (κ3) is 5.65. The Hall–Kier alpha value is -3.75. The van der Waals surface area contributed by atoms with Crippen LogP contribution in [0.5, 0.6) is 5.75 Å². The quantitative estimate of drug-likeness (QED) is 0.606. The number of rotatable bonds is 7. The van der Waals surface area contributed by atoms with Gasteiger partial charge in [0.15, 0.2) is 0 Å². The second kappa shape index (κ2) is 9.38. The van der Waals surface area contributed by atoms with Gasteiger partial charge in [-0.25, -0.2) is 9.97 Å². The summed E-state index contributed by atoms with van der Waals surface area (Å²) in [6, 6.07) is 10.4. The predicted octanol–water partition coefficient (Wildman–Crippen LogP) is 2.80. The maximum atomic E-state index is 12.9. The number of aryl methyl sites for hydroxylation is 3. The average molecular weight is 422 g/mol. The number of amides is 2. The largest absolute Gasteiger partial charge is 0.497 e. The monoisotopic (exact) mass is 422 g/mol. The van der Waals surface area contributed by atoms with Crippen molar-refractivity contribution in [2.75, 3.05) is 12.4 Å². The summed E-state index contributed by atoms with van der Waals surface area (Å²) in [4.78, 5) is 33.4. The lowest BCUT2D eigenvalue weighted by Gasteiger charge is -2.18. The minimum Gasteiger partial charge on any atom is -0.497 e. The van der Waals surface area contributed by atoms with Gasteiger partial charge in [-0.2, -0.15) is 9.78 Å². The van der Waals surface area contributed by atoms with Crippen molar-refractivity contribution >= 4 is 17.6 Å². The highest BCUT2D eigenvalue weighted by molar-refractivity contribution is 5.91. The zero-order chi connectivity index (χ0) is 22.5. The fraction of sp³-hybridized carbons (Fsp3) is 0.318. The van der Waals surface area contributed by atoms with Crippen LogP contribution in [0.3, 0.4) is 0 Å². The van der Waals surface area contributed by atoms with E-state index in [1.807, 2.05) is 39.0 Å². The molecule has 9 nitrogen and oxygen atoms in total. The van der Waals surface area contributed by atoms with Crippen molar-refractivity contribution < 1.29 is 14.3 Å². The first-order valence-corrected chi connectivity index (χ1v) is 9.85. The Morgan fingerprint density at radius 3 is 2.26 bits per heavy atom. The molecule has 31 heavy (non-hydrogen) atoms. The molecule has 0 spiro atoms. The fourth-order valence-corrected chi connectivity index (χ4v) is 3.26. The lowest BCUT2D eigenvalue weighted by atomic mass is 10.0. The van der Waals surface area contributed by atoms with Crippen LogP contribution in [-0.2, 0) is 9.59 Å². The summed E-state index contributed by atoms with van der Waals surface area (Å²) in [7, 11) is 1.58. The molecule has 2 amide bonds. The third-order valence-corrected chi connectivity index (χ3v) is 4.54. The van der Waals surface area contributed by atoms with E-state index in [4.69, 9.17) is 4.74 Å². The first-order valence-electron chi connectivity index (χ1n) is 9.85. The molecule has 0 aliphatic carbocycles. The number of hydrogen-bond donors (Lipinski definition) is 2. The molecule has 0 bridgehead atoms. The first kappa shape index (κ1) is 21.9.